The highest BCUT2D eigenvalue weighted by Crippen LogP contribution is 2.26. The van der Waals surface area contributed by atoms with Crippen molar-refractivity contribution in [3.63, 3.8) is 0 Å². The van der Waals surface area contributed by atoms with E-state index in [1.54, 1.807) is 6.20 Å². The first-order valence-corrected chi connectivity index (χ1v) is 8.50. The molecule has 128 valence electrons. The minimum atomic E-state index is -0.209. The number of piperidine rings is 1. The SMILES string of the molecule is CC(C)(C)NC(=O)N1CCC(Oc2cccc3cccnc23)CC1. The van der Waals surface area contributed by atoms with Crippen LogP contribution in [0.2, 0.25) is 0 Å². The summed E-state index contributed by atoms with van der Waals surface area (Å²) in [6.07, 6.45) is 3.58. The van der Waals surface area contributed by atoms with E-state index in [1.165, 1.54) is 0 Å². The molecule has 1 fully saturated rings. The van der Waals surface area contributed by atoms with E-state index < -0.39 is 0 Å². The lowest BCUT2D eigenvalue weighted by molar-refractivity contribution is 0.109. The number of aromatic nitrogens is 1. The van der Waals surface area contributed by atoms with Crippen molar-refractivity contribution in [2.45, 2.75) is 45.3 Å². The van der Waals surface area contributed by atoms with Gasteiger partial charge >= 0.3 is 6.03 Å². The summed E-state index contributed by atoms with van der Waals surface area (Å²) in [5.74, 6) is 0.825. The highest BCUT2D eigenvalue weighted by molar-refractivity contribution is 5.84. The van der Waals surface area contributed by atoms with Crippen LogP contribution in [-0.4, -0.2) is 40.6 Å². The number of hydrogen-bond acceptors (Lipinski definition) is 3. The number of nitrogens with zero attached hydrogens (tertiary/aromatic N) is 2. The maximum absolute atomic E-state index is 12.2. The largest absolute Gasteiger partial charge is 0.488 e. The number of ether oxygens (including phenoxy) is 1. The van der Waals surface area contributed by atoms with Gasteiger partial charge in [0.1, 0.15) is 17.4 Å². The van der Waals surface area contributed by atoms with Gasteiger partial charge < -0.3 is 15.0 Å². The molecule has 0 saturated carbocycles. The van der Waals surface area contributed by atoms with Crippen LogP contribution in [-0.2, 0) is 0 Å². The molecule has 1 aromatic heterocycles. The summed E-state index contributed by atoms with van der Waals surface area (Å²) in [4.78, 5) is 18.5. The Balaban J connectivity index is 1.60. The molecule has 0 bridgehead atoms. The Labute approximate surface area is 143 Å². The molecular formula is C19H25N3O2. The third kappa shape index (κ3) is 3.96. The molecule has 3 rings (SSSR count). The van der Waals surface area contributed by atoms with Gasteiger partial charge in [-0.05, 0) is 32.9 Å². The van der Waals surface area contributed by atoms with Crippen molar-refractivity contribution in [2.75, 3.05) is 13.1 Å². The van der Waals surface area contributed by atoms with Crippen LogP contribution in [0, 0.1) is 0 Å². The minimum absolute atomic E-state index is 0.00720. The van der Waals surface area contributed by atoms with E-state index in [1.807, 2.05) is 56.0 Å². The number of para-hydroxylation sites is 1. The smallest absolute Gasteiger partial charge is 0.317 e. The van der Waals surface area contributed by atoms with Crippen LogP contribution in [0.4, 0.5) is 4.79 Å². The van der Waals surface area contributed by atoms with Crippen LogP contribution < -0.4 is 10.1 Å². The van der Waals surface area contributed by atoms with Gasteiger partial charge in [-0.1, -0.05) is 18.2 Å². The molecule has 0 aliphatic carbocycles. The van der Waals surface area contributed by atoms with Crippen LogP contribution >= 0.6 is 0 Å². The summed E-state index contributed by atoms with van der Waals surface area (Å²) in [5.41, 5.74) is 0.687. The monoisotopic (exact) mass is 327 g/mol. The lowest BCUT2D eigenvalue weighted by Crippen LogP contribution is -2.51. The number of urea groups is 1. The summed E-state index contributed by atoms with van der Waals surface area (Å²) in [6.45, 7) is 7.41. The number of nitrogens with one attached hydrogen (secondary N) is 1. The molecule has 1 N–H and O–H groups in total. The fraction of sp³-hybridized carbons (Fsp3) is 0.474. The lowest BCUT2D eigenvalue weighted by atomic mass is 10.1. The predicted octanol–water partition coefficient (Wildman–Crippen LogP) is 3.59. The normalized spacial score (nSPS) is 16.2. The Kier molecular flexibility index (Phi) is 4.60. The zero-order valence-electron chi connectivity index (χ0n) is 14.6. The molecule has 0 atom stereocenters. The van der Waals surface area contributed by atoms with E-state index in [4.69, 9.17) is 4.74 Å². The van der Waals surface area contributed by atoms with Gasteiger partial charge in [0.15, 0.2) is 0 Å². The van der Waals surface area contributed by atoms with Crippen molar-refractivity contribution >= 4 is 16.9 Å². The van der Waals surface area contributed by atoms with E-state index in [0.29, 0.717) is 13.1 Å². The minimum Gasteiger partial charge on any atom is -0.488 e. The number of fused-ring (bicyclic) bond motifs is 1. The number of hydrogen-bond donors (Lipinski definition) is 1. The first-order valence-electron chi connectivity index (χ1n) is 8.50. The molecule has 1 aliphatic rings. The maximum Gasteiger partial charge on any atom is 0.317 e. The van der Waals surface area contributed by atoms with Crippen LogP contribution in [0.1, 0.15) is 33.6 Å². The topological polar surface area (TPSA) is 54.5 Å². The number of carbonyl (C=O) groups is 1. The third-order valence-electron chi connectivity index (χ3n) is 4.10. The van der Waals surface area contributed by atoms with Crippen molar-refractivity contribution in [1.82, 2.24) is 15.2 Å². The second-order valence-corrected chi connectivity index (χ2v) is 7.32. The molecule has 2 aromatic rings. The van der Waals surface area contributed by atoms with Crippen molar-refractivity contribution in [3.05, 3.63) is 36.5 Å². The fourth-order valence-corrected chi connectivity index (χ4v) is 2.93. The molecule has 2 heterocycles. The van der Waals surface area contributed by atoms with E-state index >= 15 is 0 Å². The lowest BCUT2D eigenvalue weighted by Gasteiger charge is -2.34. The van der Waals surface area contributed by atoms with Crippen molar-refractivity contribution in [2.24, 2.45) is 0 Å². The van der Waals surface area contributed by atoms with Gasteiger partial charge in [0.25, 0.3) is 0 Å². The number of amides is 2. The van der Waals surface area contributed by atoms with Gasteiger partial charge in [-0.25, -0.2) is 4.79 Å². The van der Waals surface area contributed by atoms with E-state index in [0.717, 1.165) is 29.5 Å². The van der Waals surface area contributed by atoms with Crippen LogP contribution in [0.5, 0.6) is 5.75 Å². The third-order valence-corrected chi connectivity index (χ3v) is 4.10. The highest BCUT2D eigenvalue weighted by atomic mass is 16.5. The summed E-state index contributed by atoms with van der Waals surface area (Å²) < 4.78 is 6.18. The molecular weight excluding hydrogens is 302 g/mol. The second kappa shape index (κ2) is 6.67. The average molecular weight is 327 g/mol. The van der Waals surface area contributed by atoms with Gasteiger partial charge in [0.05, 0.1) is 0 Å². The first-order chi connectivity index (χ1) is 11.4. The molecule has 0 radical (unpaired) electrons. The number of benzene rings is 1. The number of likely N-dealkylation sites (tertiary alicyclic amines) is 1. The molecule has 0 unspecified atom stereocenters. The van der Waals surface area contributed by atoms with E-state index in [-0.39, 0.29) is 17.7 Å². The van der Waals surface area contributed by atoms with E-state index in [2.05, 4.69) is 10.3 Å². The van der Waals surface area contributed by atoms with Gasteiger partial charge in [0, 0.05) is 43.1 Å². The van der Waals surface area contributed by atoms with Gasteiger partial charge in [0.2, 0.25) is 0 Å². The molecule has 1 saturated heterocycles. The zero-order chi connectivity index (χ0) is 17.2. The Morgan fingerprint density at radius 2 is 1.92 bits per heavy atom. The van der Waals surface area contributed by atoms with Gasteiger partial charge in [-0.3, -0.25) is 4.98 Å². The molecule has 0 spiro atoms. The summed E-state index contributed by atoms with van der Waals surface area (Å²) >= 11 is 0. The first kappa shape index (κ1) is 16.6. The Morgan fingerprint density at radius 3 is 2.62 bits per heavy atom. The number of carbonyl (C=O) groups excluding carboxylic acids is 1. The summed E-state index contributed by atoms with van der Waals surface area (Å²) in [7, 11) is 0. The van der Waals surface area contributed by atoms with Gasteiger partial charge in [-0.15, -0.1) is 0 Å². The molecule has 1 aliphatic heterocycles. The van der Waals surface area contributed by atoms with Crippen molar-refractivity contribution in [3.8, 4) is 5.75 Å². The van der Waals surface area contributed by atoms with Crippen LogP contribution in [0.3, 0.4) is 0 Å². The Bertz CT molecular complexity index is 711. The summed E-state index contributed by atoms with van der Waals surface area (Å²) in [5, 5.41) is 4.09. The second-order valence-electron chi connectivity index (χ2n) is 7.32. The Hall–Kier alpha value is -2.30. The Morgan fingerprint density at radius 1 is 1.21 bits per heavy atom. The molecule has 24 heavy (non-hydrogen) atoms. The molecule has 2 amide bonds. The molecule has 5 heteroatoms. The standard InChI is InChI=1S/C19H25N3O2/c1-19(2,3)21-18(23)22-12-9-15(10-13-22)24-16-8-4-6-14-7-5-11-20-17(14)16/h4-8,11,15H,9-10,12-13H2,1-3H3,(H,21,23). The van der Waals surface area contributed by atoms with Gasteiger partial charge in [-0.2, -0.15) is 0 Å². The summed E-state index contributed by atoms with van der Waals surface area (Å²) in [6, 6.07) is 9.97. The van der Waals surface area contributed by atoms with Crippen molar-refractivity contribution < 1.29 is 9.53 Å². The molecule has 5 nitrogen and oxygen atoms in total. The van der Waals surface area contributed by atoms with Crippen molar-refractivity contribution in [1.29, 1.82) is 0 Å². The number of pyridine rings is 1. The van der Waals surface area contributed by atoms with E-state index in [9.17, 15) is 4.79 Å². The maximum atomic E-state index is 12.2. The van der Waals surface area contributed by atoms with Crippen LogP contribution in [0.25, 0.3) is 10.9 Å². The zero-order valence-corrected chi connectivity index (χ0v) is 14.6. The predicted molar refractivity (Wildman–Crippen MR) is 95.3 cm³/mol. The average Bonchev–Trinajstić information content (AvgIpc) is 2.54. The molecule has 1 aromatic carbocycles. The number of rotatable bonds is 2. The highest BCUT2D eigenvalue weighted by Gasteiger charge is 2.26. The quantitative estimate of drug-likeness (QED) is 0.917. The van der Waals surface area contributed by atoms with Crippen LogP contribution in [0.15, 0.2) is 36.5 Å². The fourth-order valence-electron chi connectivity index (χ4n) is 2.93.